The summed E-state index contributed by atoms with van der Waals surface area (Å²) in [5.74, 6) is 1.50. The van der Waals surface area contributed by atoms with E-state index in [-0.39, 0.29) is 16.7 Å². The number of fused-ring (bicyclic) bond motifs is 2. The summed E-state index contributed by atoms with van der Waals surface area (Å²) in [6.07, 6.45) is 6.12. The van der Waals surface area contributed by atoms with Crippen LogP contribution in [0.4, 0.5) is 0 Å². The number of hydrogen-bond acceptors (Lipinski definition) is 3. The Hall–Kier alpha value is -1.11. The Labute approximate surface area is 160 Å². The molecule has 2 aliphatic carbocycles. The summed E-state index contributed by atoms with van der Waals surface area (Å²) in [7, 11) is -3.51. The van der Waals surface area contributed by atoms with Gasteiger partial charge < -0.3 is 5.32 Å². The molecule has 3 aliphatic rings. The highest BCUT2D eigenvalue weighted by molar-refractivity contribution is 7.89. The fraction of sp³-hybridized carbons (Fsp3) is 0.632. The largest absolute Gasteiger partial charge is 0.353 e. The fourth-order valence-corrected chi connectivity index (χ4v) is 6.43. The Morgan fingerprint density at radius 3 is 2.31 bits per heavy atom. The van der Waals surface area contributed by atoms with Crippen molar-refractivity contribution in [2.45, 2.75) is 49.5 Å². The number of sulfonamides is 1. The average molecular weight is 397 g/mol. The lowest BCUT2D eigenvalue weighted by Gasteiger charge is -2.32. The van der Waals surface area contributed by atoms with Crippen molar-refractivity contribution in [2.24, 2.45) is 17.8 Å². The SMILES string of the molecule is O=C(N[C@@H]1C[C@H]2CC[C@@H]1C2)C1CCN(S(=O)(=O)c2ccc(Cl)cc2)CC1. The van der Waals surface area contributed by atoms with E-state index < -0.39 is 10.0 Å². The molecule has 1 aliphatic heterocycles. The Bertz CT molecular complexity index is 772. The van der Waals surface area contributed by atoms with Crippen LogP contribution in [-0.4, -0.2) is 37.8 Å². The van der Waals surface area contributed by atoms with Crippen molar-refractivity contribution in [3.63, 3.8) is 0 Å². The van der Waals surface area contributed by atoms with Crippen LogP contribution in [0.2, 0.25) is 5.02 Å². The lowest BCUT2D eigenvalue weighted by molar-refractivity contribution is -0.127. The number of rotatable bonds is 4. The molecule has 0 aromatic heterocycles. The third-order valence-electron chi connectivity index (χ3n) is 6.34. The van der Waals surface area contributed by atoms with E-state index in [0.717, 1.165) is 12.3 Å². The molecule has 3 fully saturated rings. The molecule has 142 valence electrons. The predicted octanol–water partition coefficient (Wildman–Crippen LogP) is 3.05. The zero-order chi connectivity index (χ0) is 18.3. The second-order valence-electron chi connectivity index (χ2n) is 7.92. The van der Waals surface area contributed by atoms with Gasteiger partial charge in [-0.3, -0.25) is 4.79 Å². The van der Waals surface area contributed by atoms with Crippen molar-refractivity contribution in [1.29, 1.82) is 0 Å². The van der Waals surface area contributed by atoms with Gasteiger partial charge in [-0.1, -0.05) is 18.0 Å². The number of nitrogens with one attached hydrogen (secondary N) is 1. The molecule has 1 aromatic carbocycles. The van der Waals surface area contributed by atoms with Crippen LogP contribution in [0.25, 0.3) is 0 Å². The van der Waals surface area contributed by atoms with Gasteiger partial charge in [-0.2, -0.15) is 4.31 Å². The monoisotopic (exact) mass is 396 g/mol. The zero-order valence-corrected chi connectivity index (χ0v) is 16.3. The van der Waals surface area contributed by atoms with Gasteiger partial charge in [0.1, 0.15) is 0 Å². The quantitative estimate of drug-likeness (QED) is 0.850. The Morgan fingerprint density at radius 2 is 1.73 bits per heavy atom. The van der Waals surface area contributed by atoms with Gasteiger partial charge in [0.15, 0.2) is 0 Å². The lowest BCUT2D eigenvalue weighted by atomic mass is 9.93. The van der Waals surface area contributed by atoms with Crippen LogP contribution < -0.4 is 5.32 Å². The van der Waals surface area contributed by atoms with Gasteiger partial charge in [-0.15, -0.1) is 0 Å². The van der Waals surface area contributed by atoms with E-state index in [0.29, 0.717) is 42.9 Å². The summed E-state index contributed by atoms with van der Waals surface area (Å²) < 4.78 is 26.9. The van der Waals surface area contributed by atoms with E-state index in [1.165, 1.54) is 35.7 Å². The van der Waals surface area contributed by atoms with Crippen LogP contribution in [0.5, 0.6) is 0 Å². The molecule has 1 N–H and O–H groups in total. The van der Waals surface area contributed by atoms with Crippen LogP contribution in [-0.2, 0) is 14.8 Å². The summed E-state index contributed by atoms with van der Waals surface area (Å²) in [6.45, 7) is 0.777. The number of nitrogens with zero attached hydrogens (tertiary/aromatic N) is 1. The number of piperidine rings is 1. The third-order valence-corrected chi connectivity index (χ3v) is 8.51. The Kier molecular flexibility index (Phi) is 5.01. The molecule has 4 rings (SSSR count). The van der Waals surface area contributed by atoms with Gasteiger partial charge in [0.05, 0.1) is 4.90 Å². The molecule has 1 amide bonds. The molecular formula is C19H25ClN2O3S. The maximum absolute atomic E-state index is 12.7. The zero-order valence-electron chi connectivity index (χ0n) is 14.7. The predicted molar refractivity (Wildman–Crippen MR) is 100 cm³/mol. The smallest absolute Gasteiger partial charge is 0.243 e. The second kappa shape index (κ2) is 7.13. The molecule has 3 atom stereocenters. The number of amides is 1. The number of carbonyl (C=O) groups is 1. The molecule has 0 unspecified atom stereocenters. The topological polar surface area (TPSA) is 66.5 Å². The van der Waals surface area contributed by atoms with Crippen LogP contribution in [0.3, 0.4) is 0 Å². The first-order valence-electron chi connectivity index (χ1n) is 9.49. The fourth-order valence-electron chi connectivity index (χ4n) is 4.84. The average Bonchev–Trinajstić information content (AvgIpc) is 3.25. The minimum absolute atomic E-state index is 0.0780. The van der Waals surface area contributed by atoms with Gasteiger partial charge >= 0.3 is 0 Å². The summed E-state index contributed by atoms with van der Waals surface area (Å²) in [5.41, 5.74) is 0. The van der Waals surface area contributed by atoms with E-state index in [1.807, 2.05) is 0 Å². The standard InChI is InChI=1S/C19H25ClN2O3S/c20-16-3-5-17(6-4-16)26(24,25)22-9-7-14(8-10-22)19(23)21-18-12-13-1-2-15(18)11-13/h3-6,13-15,18H,1-2,7-12H2,(H,21,23)/t13-,15+,18+/m0/s1. The molecule has 7 heteroatoms. The molecule has 2 saturated carbocycles. The number of halogens is 1. The van der Waals surface area contributed by atoms with Crippen molar-refractivity contribution >= 4 is 27.5 Å². The van der Waals surface area contributed by atoms with Gasteiger partial charge in [0, 0.05) is 30.1 Å². The van der Waals surface area contributed by atoms with Gasteiger partial charge in [-0.25, -0.2) is 8.42 Å². The summed E-state index contributed by atoms with van der Waals surface area (Å²) in [4.78, 5) is 12.9. The molecule has 2 bridgehead atoms. The molecule has 1 aromatic rings. The number of carbonyl (C=O) groups excluding carboxylic acids is 1. The first kappa shape index (κ1) is 18.3. The lowest BCUT2D eigenvalue weighted by Crippen LogP contribution is -2.46. The maximum Gasteiger partial charge on any atom is 0.243 e. The Morgan fingerprint density at radius 1 is 1.04 bits per heavy atom. The van der Waals surface area contributed by atoms with Gasteiger partial charge in [-0.05, 0) is 68.2 Å². The summed E-state index contributed by atoms with van der Waals surface area (Å²) in [5, 5.41) is 3.76. The highest BCUT2D eigenvalue weighted by Crippen LogP contribution is 2.44. The first-order valence-corrected chi connectivity index (χ1v) is 11.3. The van der Waals surface area contributed by atoms with Gasteiger partial charge in [0.2, 0.25) is 15.9 Å². The summed E-state index contributed by atoms with van der Waals surface area (Å²) >= 11 is 5.84. The highest BCUT2D eigenvalue weighted by atomic mass is 35.5. The second-order valence-corrected chi connectivity index (χ2v) is 10.3. The van der Waals surface area contributed by atoms with Crippen LogP contribution in [0.15, 0.2) is 29.2 Å². The van der Waals surface area contributed by atoms with Crippen LogP contribution >= 0.6 is 11.6 Å². The number of hydrogen-bond donors (Lipinski definition) is 1. The minimum atomic E-state index is -3.51. The van der Waals surface area contributed by atoms with Crippen molar-refractivity contribution in [3.05, 3.63) is 29.3 Å². The molecule has 1 heterocycles. The van der Waals surface area contributed by atoms with Crippen molar-refractivity contribution in [1.82, 2.24) is 9.62 Å². The van der Waals surface area contributed by atoms with E-state index >= 15 is 0 Å². The van der Waals surface area contributed by atoms with E-state index in [1.54, 1.807) is 12.1 Å². The maximum atomic E-state index is 12.7. The molecule has 1 saturated heterocycles. The molecular weight excluding hydrogens is 372 g/mol. The van der Waals surface area contributed by atoms with E-state index in [4.69, 9.17) is 11.6 Å². The normalized spacial score (nSPS) is 29.8. The molecule has 5 nitrogen and oxygen atoms in total. The molecule has 26 heavy (non-hydrogen) atoms. The Balaban J connectivity index is 1.33. The van der Waals surface area contributed by atoms with Crippen molar-refractivity contribution in [3.8, 4) is 0 Å². The molecule has 0 spiro atoms. The first-order chi connectivity index (χ1) is 12.4. The van der Waals surface area contributed by atoms with Crippen LogP contribution in [0.1, 0.15) is 38.5 Å². The minimum Gasteiger partial charge on any atom is -0.353 e. The van der Waals surface area contributed by atoms with E-state index in [9.17, 15) is 13.2 Å². The van der Waals surface area contributed by atoms with Crippen molar-refractivity contribution in [2.75, 3.05) is 13.1 Å². The highest BCUT2D eigenvalue weighted by Gasteiger charge is 2.41. The number of benzene rings is 1. The molecule has 0 radical (unpaired) electrons. The summed E-state index contributed by atoms with van der Waals surface area (Å²) in [6, 6.07) is 6.59. The third kappa shape index (κ3) is 3.51. The van der Waals surface area contributed by atoms with Gasteiger partial charge in [0.25, 0.3) is 0 Å². The van der Waals surface area contributed by atoms with Crippen molar-refractivity contribution < 1.29 is 13.2 Å². The van der Waals surface area contributed by atoms with Crippen LogP contribution in [0, 0.1) is 17.8 Å². The van der Waals surface area contributed by atoms with E-state index in [2.05, 4.69) is 5.32 Å².